The lowest BCUT2D eigenvalue weighted by molar-refractivity contribution is -0.113. The van der Waals surface area contributed by atoms with Gasteiger partial charge in [-0.2, -0.15) is 0 Å². The topological polar surface area (TPSA) is 89.3 Å². The van der Waals surface area contributed by atoms with Crippen LogP contribution in [0.25, 0.3) is 11.5 Å². The Kier molecular flexibility index (Phi) is 5.83. The van der Waals surface area contributed by atoms with Crippen LogP contribution in [0.2, 0.25) is 0 Å². The molecule has 0 radical (unpaired) electrons. The number of amides is 1. The summed E-state index contributed by atoms with van der Waals surface area (Å²) >= 11 is 0. The number of carbonyl (C=O) groups is 1. The molecule has 0 unspecified atom stereocenters. The van der Waals surface area contributed by atoms with Gasteiger partial charge in [0.1, 0.15) is 17.3 Å². The molecule has 0 aliphatic carbocycles. The van der Waals surface area contributed by atoms with Crippen molar-refractivity contribution in [2.75, 3.05) is 11.1 Å². The van der Waals surface area contributed by atoms with E-state index in [-0.39, 0.29) is 5.69 Å². The lowest BCUT2D eigenvalue weighted by Gasteiger charge is -2.08. The Morgan fingerprint density at radius 2 is 1.83 bits per heavy atom. The second-order valence-corrected chi connectivity index (χ2v) is 8.94. The first kappa shape index (κ1) is 20.7. The molecule has 29 heavy (non-hydrogen) atoms. The standard InChI is InChI=1S/C21H21FN2O4S/c1-13-6-4-5-7-17(13)21-24-19(15(3)28-21)11-29(26,27)12-20(25)23-18-9-8-16(22)10-14(18)2/h4-10H,11-12H2,1-3H3,(H,23,25). The fraction of sp³-hybridized carbons (Fsp3) is 0.238. The van der Waals surface area contributed by atoms with Crippen LogP contribution in [0.4, 0.5) is 10.1 Å². The van der Waals surface area contributed by atoms with Gasteiger partial charge in [-0.15, -0.1) is 0 Å². The van der Waals surface area contributed by atoms with Crippen molar-refractivity contribution in [2.24, 2.45) is 0 Å². The van der Waals surface area contributed by atoms with E-state index in [9.17, 15) is 17.6 Å². The summed E-state index contributed by atoms with van der Waals surface area (Å²) in [5.74, 6) is -1.52. The van der Waals surface area contributed by atoms with Gasteiger partial charge in [0, 0.05) is 11.3 Å². The number of aryl methyl sites for hydroxylation is 3. The van der Waals surface area contributed by atoms with Gasteiger partial charge < -0.3 is 9.73 Å². The number of hydrogen-bond acceptors (Lipinski definition) is 5. The summed E-state index contributed by atoms with van der Waals surface area (Å²) in [5, 5.41) is 2.50. The zero-order valence-electron chi connectivity index (χ0n) is 16.3. The van der Waals surface area contributed by atoms with E-state index in [4.69, 9.17) is 4.42 Å². The third kappa shape index (κ3) is 5.08. The number of nitrogens with one attached hydrogen (secondary N) is 1. The van der Waals surface area contributed by atoms with Crippen molar-refractivity contribution in [3.05, 3.63) is 70.9 Å². The Hall–Kier alpha value is -3.00. The second-order valence-electron chi connectivity index (χ2n) is 6.88. The van der Waals surface area contributed by atoms with E-state index in [1.54, 1.807) is 13.8 Å². The molecule has 2 aromatic carbocycles. The quantitative estimate of drug-likeness (QED) is 0.657. The monoisotopic (exact) mass is 416 g/mol. The highest BCUT2D eigenvalue weighted by Crippen LogP contribution is 2.25. The average Bonchev–Trinajstić information content (AvgIpc) is 2.97. The molecule has 0 bridgehead atoms. The first-order valence-corrected chi connectivity index (χ1v) is 10.8. The van der Waals surface area contributed by atoms with Crippen LogP contribution in [-0.2, 0) is 20.4 Å². The molecular weight excluding hydrogens is 395 g/mol. The fourth-order valence-electron chi connectivity index (χ4n) is 2.90. The number of rotatable bonds is 6. The van der Waals surface area contributed by atoms with Crippen LogP contribution in [0.5, 0.6) is 0 Å². The molecule has 152 valence electrons. The minimum atomic E-state index is -3.79. The highest BCUT2D eigenvalue weighted by atomic mass is 32.2. The molecule has 1 aromatic heterocycles. The van der Waals surface area contributed by atoms with Gasteiger partial charge in [0.25, 0.3) is 0 Å². The number of benzene rings is 2. The van der Waals surface area contributed by atoms with Gasteiger partial charge in [0.2, 0.25) is 11.8 Å². The smallest absolute Gasteiger partial charge is 0.239 e. The number of halogens is 1. The van der Waals surface area contributed by atoms with Gasteiger partial charge in [0.05, 0.1) is 11.4 Å². The SMILES string of the molecule is Cc1cc(F)ccc1NC(=O)CS(=O)(=O)Cc1nc(-c2ccccc2C)oc1C. The summed E-state index contributed by atoms with van der Waals surface area (Å²) in [5.41, 5.74) is 2.88. The predicted molar refractivity (Wildman–Crippen MR) is 109 cm³/mol. The first-order chi connectivity index (χ1) is 13.6. The Bertz CT molecular complexity index is 1170. The molecule has 3 aromatic rings. The van der Waals surface area contributed by atoms with Crippen molar-refractivity contribution in [1.82, 2.24) is 4.98 Å². The van der Waals surface area contributed by atoms with E-state index in [0.717, 1.165) is 11.1 Å². The lowest BCUT2D eigenvalue weighted by atomic mass is 10.1. The largest absolute Gasteiger partial charge is 0.441 e. The van der Waals surface area contributed by atoms with Crippen molar-refractivity contribution in [3.8, 4) is 11.5 Å². The van der Waals surface area contributed by atoms with E-state index in [1.807, 2.05) is 31.2 Å². The summed E-state index contributed by atoms with van der Waals surface area (Å²) in [6.07, 6.45) is 0. The normalized spacial score (nSPS) is 11.4. The second kappa shape index (κ2) is 8.16. The molecule has 0 aliphatic rings. The number of oxazole rings is 1. The minimum absolute atomic E-state index is 0.272. The van der Waals surface area contributed by atoms with E-state index >= 15 is 0 Å². The van der Waals surface area contributed by atoms with Crippen LogP contribution in [0.1, 0.15) is 22.6 Å². The summed E-state index contributed by atoms with van der Waals surface area (Å²) in [6, 6.07) is 11.3. The number of nitrogens with zero attached hydrogens (tertiary/aromatic N) is 1. The van der Waals surface area contributed by atoms with Gasteiger partial charge >= 0.3 is 0 Å². The maximum atomic E-state index is 13.2. The molecule has 0 aliphatic heterocycles. The Morgan fingerprint density at radius 3 is 2.52 bits per heavy atom. The fourth-order valence-corrected chi connectivity index (χ4v) is 4.16. The zero-order chi connectivity index (χ0) is 21.2. The van der Waals surface area contributed by atoms with Gasteiger partial charge in [0.15, 0.2) is 9.84 Å². The van der Waals surface area contributed by atoms with Crippen molar-refractivity contribution < 1.29 is 22.0 Å². The molecule has 1 N–H and O–H groups in total. The van der Waals surface area contributed by atoms with Gasteiger partial charge in [-0.25, -0.2) is 17.8 Å². The summed E-state index contributed by atoms with van der Waals surface area (Å²) in [7, 11) is -3.79. The molecule has 0 saturated carbocycles. The molecule has 0 spiro atoms. The van der Waals surface area contributed by atoms with Gasteiger partial charge in [-0.05, 0) is 56.2 Å². The minimum Gasteiger partial charge on any atom is -0.441 e. The Morgan fingerprint density at radius 1 is 1.10 bits per heavy atom. The lowest BCUT2D eigenvalue weighted by Crippen LogP contribution is -2.24. The van der Waals surface area contributed by atoms with Gasteiger partial charge in [-0.3, -0.25) is 4.79 Å². The highest BCUT2D eigenvalue weighted by molar-refractivity contribution is 7.91. The number of sulfone groups is 1. The first-order valence-electron chi connectivity index (χ1n) is 8.93. The van der Waals surface area contributed by atoms with E-state index < -0.39 is 33.1 Å². The number of carbonyl (C=O) groups excluding carboxylic acids is 1. The van der Waals surface area contributed by atoms with Crippen LogP contribution in [0.15, 0.2) is 46.9 Å². The van der Waals surface area contributed by atoms with Crippen molar-refractivity contribution in [2.45, 2.75) is 26.5 Å². The molecule has 1 amide bonds. The molecule has 0 atom stereocenters. The van der Waals surface area contributed by atoms with Gasteiger partial charge in [-0.1, -0.05) is 18.2 Å². The molecule has 8 heteroatoms. The zero-order valence-corrected chi connectivity index (χ0v) is 17.1. The maximum Gasteiger partial charge on any atom is 0.239 e. The molecule has 6 nitrogen and oxygen atoms in total. The van der Waals surface area contributed by atoms with Crippen molar-refractivity contribution >= 4 is 21.4 Å². The van der Waals surface area contributed by atoms with E-state index in [2.05, 4.69) is 10.3 Å². The van der Waals surface area contributed by atoms with E-state index in [0.29, 0.717) is 22.9 Å². The van der Waals surface area contributed by atoms with E-state index in [1.165, 1.54) is 18.2 Å². The predicted octanol–water partition coefficient (Wildman–Crippen LogP) is 3.96. The molecule has 0 saturated heterocycles. The molecular formula is C21H21FN2O4S. The maximum absolute atomic E-state index is 13.2. The number of aromatic nitrogens is 1. The Balaban J connectivity index is 1.72. The summed E-state index contributed by atoms with van der Waals surface area (Å²) < 4.78 is 43.8. The third-order valence-corrected chi connectivity index (χ3v) is 5.85. The highest BCUT2D eigenvalue weighted by Gasteiger charge is 2.23. The Labute approximate surface area is 168 Å². The number of anilines is 1. The van der Waals surface area contributed by atoms with Crippen molar-refractivity contribution in [3.63, 3.8) is 0 Å². The summed E-state index contributed by atoms with van der Waals surface area (Å²) in [6.45, 7) is 5.17. The number of hydrogen-bond donors (Lipinski definition) is 1. The van der Waals surface area contributed by atoms with Crippen molar-refractivity contribution in [1.29, 1.82) is 0 Å². The molecule has 0 fully saturated rings. The van der Waals surface area contributed by atoms with Crippen LogP contribution < -0.4 is 5.32 Å². The summed E-state index contributed by atoms with van der Waals surface area (Å²) in [4.78, 5) is 16.5. The molecule has 3 rings (SSSR count). The van der Waals surface area contributed by atoms with Crippen LogP contribution in [-0.4, -0.2) is 25.1 Å². The third-order valence-electron chi connectivity index (χ3n) is 4.44. The van der Waals surface area contributed by atoms with Crippen LogP contribution >= 0.6 is 0 Å². The van der Waals surface area contributed by atoms with Crippen LogP contribution in [0, 0.1) is 26.6 Å². The van der Waals surface area contributed by atoms with Crippen LogP contribution in [0.3, 0.4) is 0 Å². The molecule has 1 heterocycles. The average molecular weight is 416 g/mol.